The lowest BCUT2D eigenvalue weighted by Crippen LogP contribution is -2.31. The van der Waals surface area contributed by atoms with E-state index >= 15 is 0 Å². The number of carbonyl (C=O) groups excluding carboxylic acids is 2. The molecule has 1 N–H and O–H groups in total. The molecule has 35 heavy (non-hydrogen) atoms. The van der Waals surface area contributed by atoms with Gasteiger partial charge in [0.1, 0.15) is 5.75 Å². The van der Waals surface area contributed by atoms with Gasteiger partial charge in [-0.25, -0.2) is 13.3 Å². The van der Waals surface area contributed by atoms with Crippen molar-refractivity contribution in [2.24, 2.45) is 0 Å². The number of rotatable bonds is 10. The summed E-state index contributed by atoms with van der Waals surface area (Å²) in [5, 5.41) is -0.546. The molecule has 7 nitrogen and oxygen atoms in total. The molecule has 3 aromatic carbocycles. The number of nitrogens with zero attached hydrogens (tertiary/aromatic N) is 1. The van der Waals surface area contributed by atoms with Gasteiger partial charge in [-0.2, -0.15) is 0 Å². The van der Waals surface area contributed by atoms with Crippen molar-refractivity contribution in [3.05, 3.63) is 78.9 Å². The molecule has 1 heterocycles. The largest absolute Gasteiger partial charge is 0.494 e. The third-order valence-electron chi connectivity index (χ3n) is 5.41. The lowest BCUT2D eigenvalue weighted by atomic mass is 10.2. The van der Waals surface area contributed by atoms with Crippen molar-refractivity contribution in [1.82, 2.24) is 0 Å². The number of thioether (sulfide) groups is 1. The summed E-state index contributed by atoms with van der Waals surface area (Å²) in [5.74, 6) is 0.183. The van der Waals surface area contributed by atoms with Crippen LogP contribution < -0.4 is 14.4 Å². The molecule has 1 aliphatic rings. The fraction of sp³-hybridized carbons (Fsp3) is 0.231. The molecule has 182 valence electrons. The van der Waals surface area contributed by atoms with Gasteiger partial charge in [0.15, 0.2) is 0 Å². The smallest absolute Gasteiger partial charge is 0.261 e. The Bertz CT molecular complexity index is 1280. The predicted molar refractivity (Wildman–Crippen MR) is 137 cm³/mol. The monoisotopic (exact) mass is 510 g/mol. The number of ether oxygens (including phenoxy) is 1. The molecule has 1 saturated heterocycles. The average molecular weight is 511 g/mol. The topological polar surface area (TPSA) is 92.8 Å². The Hall–Kier alpha value is -3.30. The van der Waals surface area contributed by atoms with Crippen molar-refractivity contribution in [3.8, 4) is 5.75 Å². The summed E-state index contributed by atoms with van der Waals surface area (Å²) in [7, 11) is -3.68. The molecule has 9 heteroatoms. The number of imide groups is 1. The predicted octanol–water partition coefficient (Wildman–Crippen LogP) is 5.09. The van der Waals surface area contributed by atoms with Crippen LogP contribution in [-0.2, 0) is 19.6 Å². The first-order chi connectivity index (χ1) is 16.9. The third kappa shape index (κ3) is 6.04. The van der Waals surface area contributed by atoms with Crippen LogP contribution in [0.4, 0.5) is 11.4 Å². The first-order valence-corrected chi connectivity index (χ1v) is 13.7. The highest BCUT2D eigenvalue weighted by Gasteiger charge is 2.40. The molecule has 0 spiro atoms. The second-order valence-electron chi connectivity index (χ2n) is 8.02. The van der Waals surface area contributed by atoms with Crippen LogP contribution in [0, 0.1) is 0 Å². The molecule has 0 radical (unpaired) electrons. The van der Waals surface area contributed by atoms with Crippen LogP contribution in [0.2, 0.25) is 0 Å². The first-order valence-electron chi connectivity index (χ1n) is 11.3. The van der Waals surface area contributed by atoms with Crippen LogP contribution in [0.3, 0.4) is 0 Å². The van der Waals surface area contributed by atoms with Crippen LogP contribution in [0.15, 0.2) is 88.7 Å². The zero-order valence-electron chi connectivity index (χ0n) is 19.2. The Morgan fingerprint density at radius 2 is 1.66 bits per heavy atom. The minimum absolute atomic E-state index is 0.0979. The van der Waals surface area contributed by atoms with Crippen molar-refractivity contribution in [1.29, 1.82) is 0 Å². The second kappa shape index (κ2) is 11.0. The zero-order chi connectivity index (χ0) is 24.8. The minimum Gasteiger partial charge on any atom is -0.494 e. The van der Waals surface area contributed by atoms with Gasteiger partial charge in [0, 0.05) is 17.0 Å². The number of amides is 2. The Balaban J connectivity index is 1.38. The molecular formula is C26H26N2O5S2. The summed E-state index contributed by atoms with van der Waals surface area (Å²) in [5.41, 5.74) is 0.937. The van der Waals surface area contributed by atoms with Crippen molar-refractivity contribution in [2.75, 3.05) is 16.2 Å². The molecule has 1 atom stereocenters. The lowest BCUT2D eigenvalue weighted by Gasteiger charge is -2.16. The van der Waals surface area contributed by atoms with Gasteiger partial charge in [0.05, 0.1) is 22.4 Å². The molecule has 1 fully saturated rings. The number of anilines is 2. The van der Waals surface area contributed by atoms with Gasteiger partial charge >= 0.3 is 0 Å². The highest BCUT2D eigenvalue weighted by molar-refractivity contribution is 8.00. The van der Waals surface area contributed by atoms with Crippen molar-refractivity contribution < 1.29 is 22.7 Å². The maximum Gasteiger partial charge on any atom is 0.261 e. The number of nitrogens with one attached hydrogen (secondary N) is 1. The average Bonchev–Trinajstić information content (AvgIpc) is 3.14. The quantitative estimate of drug-likeness (QED) is 0.302. The number of carbonyl (C=O) groups is 2. The Morgan fingerprint density at radius 1 is 0.971 bits per heavy atom. The molecule has 0 saturated carbocycles. The van der Waals surface area contributed by atoms with Gasteiger partial charge in [0.2, 0.25) is 11.8 Å². The summed E-state index contributed by atoms with van der Waals surface area (Å²) in [4.78, 5) is 27.8. The van der Waals surface area contributed by atoms with Crippen molar-refractivity contribution >= 4 is 45.0 Å². The summed E-state index contributed by atoms with van der Waals surface area (Å²) in [6.45, 7) is 2.72. The van der Waals surface area contributed by atoms with Crippen LogP contribution in [0.1, 0.15) is 26.2 Å². The maximum absolute atomic E-state index is 13.0. The lowest BCUT2D eigenvalue weighted by molar-refractivity contribution is -0.121. The third-order valence-corrected chi connectivity index (χ3v) is 8.00. The van der Waals surface area contributed by atoms with Crippen LogP contribution >= 0.6 is 11.8 Å². The summed E-state index contributed by atoms with van der Waals surface area (Å²) >= 11 is 1.29. The number of hydrogen-bond donors (Lipinski definition) is 1. The molecule has 2 amide bonds. The molecular weight excluding hydrogens is 484 g/mol. The maximum atomic E-state index is 13.0. The van der Waals surface area contributed by atoms with Crippen LogP contribution in [-0.4, -0.2) is 32.1 Å². The number of sulfonamides is 1. The van der Waals surface area contributed by atoms with Gasteiger partial charge in [-0.05, 0) is 67.1 Å². The van der Waals surface area contributed by atoms with E-state index in [0.717, 1.165) is 17.7 Å². The Labute approximate surface area is 209 Å². The zero-order valence-corrected chi connectivity index (χ0v) is 20.8. The van der Waals surface area contributed by atoms with E-state index in [0.29, 0.717) is 23.7 Å². The van der Waals surface area contributed by atoms with E-state index in [-0.39, 0.29) is 23.1 Å². The van der Waals surface area contributed by atoms with Gasteiger partial charge in [-0.1, -0.05) is 31.5 Å². The van der Waals surface area contributed by atoms with Gasteiger partial charge < -0.3 is 4.74 Å². The van der Waals surface area contributed by atoms with Gasteiger partial charge in [-0.15, -0.1) is 11.8 Å². The standard InChI is InChI=1S/C26H26N2O5S2/c1-2-3-17-33-21-13-11-20(12-14-21)28-25(29)18-24(26(28)30)34-22-15-9-19(10-16-22)27-35(31,32)23-7-5-4-6-8-23/h4-16,24,27H,2-3,17-18H2,1H3. The number of hydrogen-bond acceptors (Lipinski definition) is 6. The Morgan fingerprint density at radius 3 is 2.31 bits per heavy atom. The van der Waals surface area contributed by atoms with Crippen molar-refractivity contribution in [2.45, 2.75) is 41.2 Å². The van der Waals surface area contributed by atoms with E-state index in [1.807, 2.05) is 0 Å². The number of unbranched alkanes of at least 4 members (excludes halogenated alkanes) is 1. The van der Waals surface area contributed by atoms with Crippen LogP contribution in [0.25, 0.3) is 0 Å². The molecule has 0 aliphatic carbocycles. The molecule has 3 aromatic rings. The van der Waals surface area contributed by atoms with Gasteiger partial charge in [0.25, 0.3) is 10.0 Å². The Kier molecular flexibility index (Phi) is 7.77. The van der Waals surface area contributed by atoms with E-state index in [9.17, 15) is 18.0 Å². The fourth-order valence-corrected chi connectivity index (χ4v) is 5.71. The van der Waals surface area contributed by atoms with E-state index in [4.69, 9.17) is 4.74 Å². The molecule has 0 bridgehead atoms. The molecule has 1 unspecified atom stereocenters. The fourth-order valence-electron chi connectivity index (χ4n) is 3.57. The summed E-state index contributed by atoms with van der Waals surface area (Å²) in [6, 6.07) is 21.8. The summed E-state index contributed by atoms with van der Waals surface area (Å²) in [6.07, 6.45) is 2.10. The summed E-state index contributed by atoms with van der Waals surface area (Å²) < 4.78 is 33.2. The van der Waals surface area contributed by atoms with Gasteiger partial charge in [-0.3, -0.25) is 14.3 Å². The minimum atomic E-state index is -3.68. The molecule has 4 rings (SSSR count). The SMILES string of the molecule is CCCCOc1ccc(N2C(=O)CC(Sc3ccc(NS(=O)(=O)c4ccccc4)cc3)C2=O)cc1. The van der Waals surface area contributed by atoms with Crippen LogP contribution in [0.5, 0.6) is 5.75 Å². The first kappa shape index (κ1) is 24.8. The highest BCUT2D eigenvalue weighted by atomic mass is 32.2. The van der Waals surface area contributed by atoms with Crippen molar-refractivity contribution in [3.63, 3.8) is 0 Å². The van der Waals surface area contributed by atoms with E-state index < -0.39 is 15.3 Å². The normalized spacial score (nSPS) is 15.9. The second-order valence-corrected chi connectivity index (χ2v) is 11.0. The molecule has 1 aliphatic heterocycles. The highest BCUT2D eigenvalue weighted by Crippen LogP contribution is 2.35. The number of benzene rings is 3. The van der Waals surface area contributed by atoms with E-state index in [1.54, 1.807) is 66.7 Å². The molecule has 0 aromatic heterocycles. The van der Waals surface area contributed by atoms with E-state index in [2.05, 4.69) is 11.6 Å². The van der Waals surface area contributed by atoms with E-state index in [1.165, 1.54) is 28.8 Å².